The lowest BCUT2D eigenvalue weighted by molar-refractivity contribution is -0.697. The van der Waals surface area contributed by atoms with Gasteiger partial charge in [-0.1, -0.05) is 45.4 Å². The van der Waals surface area contributed by atoms with Crippen LogP contribution in [0, 0.1) is 0 Å². The molecule has 2 heterocycles. The SMILES string of the molecule is CCCCCCCCCC[n+]1cccc([C@@H]2CCCN2C)c1.[Br-]. The first kappa shape index (κ1) is 20.6. The van der Waals surface area contributed by atoms with Gasteiger partial charge in [-0.2, -0.15) is 0 Å². The van der Waals surface area contributed by atoms with Crippen LogP contribution in [0.2, 0.25) is 0 Å². The van der Waals surface area contributed by atoms with Crippen LogP contribution in [0.25, 0.3) is 0 Å². The van der Waals surface area contributed by atoms with E-state index in [9.17, 15) is 0 Å². The van der Waals surface area contributed by atoms with Crippen molar-refractivity contribution in [2.24, 2.45) is 0 Å². The molecule has 0 radical (unpaired) electrons. The smallest absolute Gasteiger partial charge is 0.173 e. The van der Waals surface area contributed by atoms with Gasteiger partial charge in [0.25, 0.3) is 0 Å². The first-order valence-electron chi connectivity index (χ1n) is 9.50. The van der Waals surface area contributed by atoms with E-state index in [-0.39, 0.29) is 17.0 Å². The molecule has 0 N–H and O–H groups in total. The van der Waals surface area contributed by atoms with Crippen LogP contribution in [-0.4, -0.2) is 18.5 Å². The molecule has 0 spiro atoms. The molecule has 2 rings (SSSR count). The average Bonchev–Trinajstić information content (AvgIpc) is 2.96. The summed E-state index contributed by atoms with van der Waals surface area (Å²) >= 11 is 0. The molecule has 0 bridgehead atoms. The predicted octanol–water partition coefficient (Wildman–Crippen LogP) is 1.89. The summed E-state index contributed by atoms with van der Waals surface area (Å²) in [4.78, 5) is 2.50. The van der Waals surface area contributed by atoms with Gasteiger partial charge < -0.3 is 17.0 Å². The van der Waals surface area contributed by atoms with Crippen molar-refractivity contribution in [3.63, 3.8) is 0 Å². The molecular weight excluding hydrogens is 348 g/mol. The molecule has 2 nitrogen and oxygen atoms in total. The summed E-state index contributed by atoms with van der Waals surface area (Å²) in [5, 5.41) is 0. The number of pyridine rings is 1. The van der Waals surface area contributed by atoms with Crippen LogP contribution in [0.4, 0.5) is 0 Å². The van der Waals surface area contributed by atoms with Crippen molar-refractivity contribution in [3.8, 4) is 0 Å². The molecule has 0 aliphatic carbocycles. The number of aryl methyl sites for hydroxylation is 1. The molecule has 0 aromatic carbocycles. The second-order valence-corrected chi connectivity index (χ2v) is 6.99. The highest BCUT2D eigenvalue weighted by Gasteiger charge is 2.24. The number of hydrogen-bond acceptors (Lipinski definition) is 1. The number of likely N-dealkylation sites (tertiary alicyclic amines) is 1. The molecule has 3 heteroatoms. The topological polar surface area (TPSA) is 7.12 Å². The Morgan fingerprint density at radius 3 is 2.43 bits per heavy atom. The minimum atomic E-state index is 0. The van der Waals surface area contributed by atoms with Crippen LogP contribution in [0.5, 0.6) is 0 Å². The van der Waals surface area contributed by atoms with Crippen molar-refractivity contribution >= 4 is 0 Å². The lowest BCUT2D eigenvalue weighted by Crippen LogP contribution is -3.00. The van der Waals surface area contributed by atoms with Crippen LogP contribution in [0.3, 0.4) is 0 Å². The van der Waals surface area contributed by atoms with Gasteiger partial charge in [0.05, 0.1) is 0 Å². The largest absolute Gasteiger partial charge is 1.00 e. The quantitative estimate of drug-likeness (QED) is 0.442. The predicted molar refractivity (Wildman–Crippen MR) is 93.9 cm³/mol. The van der Waals surface area contributed by atoms with Gasteiger partial charge in [-0.3, -0.25) is 4.90 Å². The average molecular weight is 383 g/mol. The van der Waals surface area contributed by atoms with Crippen LogP contribution in [-0.2, 0) is 6.54 Å². The van der Waals surface area contributed by atoms with Crippen molar-refractivity contribution in [1.29, 1.82) is 0 Å². The van der Waals surface area contributed by atoms with Gasteiger partial charge in [-0.05, 0) is 38.9 Å². The van der Waals surface area contributed by atoms with E-state index < -0.39 is 0 Å². The number of unbranched alkanes of at least 4 members (excludes halogenated alkanes) is 7. The number of rotatable bonds is 10. The summed E-state index contributed by atoms with van der Waals surface area (Å²) < 4.78 is 2.40. The van der Waals surface area contributed by atoms with Crippen molar-refractivity contribution in [2.75, 3.05) is 13.6 Å². The van der Waals surface area contributed by atoms with Crippen molar-refractivity contribution in [3.05, 3.63) is 30.1 Å². The van der Waals surface area contributed by atoms with Crippen LogP contribution >= 0.6 is 0 Å². The molecule has 23 heavy (non-hydrogen) atoms. The molecule has 1 aliphatic rings. The number of halogens is 1. The third-order valence-electron chi connectivity index (χ3n) is 5.06. The number of hydrogen-bond donors (Lipinski definition) is 0. The van der Waals surface area contributed by atoms with E-state index >= 15 is 0 Å². The summed E-state index contributed by atoms with van der Waals surface area (Å²) in [5.74, 6) is 0. The molecule has 1 aliphatic heterocycles. The molecule has 1 aromatic heterocycles. The van der Waals surface area contributed by atoms with E-state index in [1.54, 1.807) is 0 Å². The minimum absolute atomic E-state index is 0. The molecule has 0 unspecified atom stereocenters. The Kier molecular flexibility index (Phi) is 10.8. The second-order valence-electron chi connectivity index (χ2n) is 6.99. The Morgan fingerprint density at radius 1 is 1.09 bits per heavy atom. The lowest BCUT2D eigenvalue weighted by atomic mass is 10.1. The molecule has 1 saturated heterocycles. The van der Waals surface area contributed by atoms with Gasteiger partial charge in [0.2, 0.25) is 0 Å². The van der Waals surface area contributed by atoms with Gasteiger partial charge in [0.1, 0.15) is 6.54 Å². The van der Waals surface area contributed by atoms with E-state index in [4.69, 9.17) is 0 Å². The van der Waals surface area contributed by atoms with E-state index in [2.05, 4.69) is 48.0 Å². The molecule has 1 fully saturated rings. The normalized spacial score (nSPS) is 18.1. The third-order valence-corrected chi connectivity index (χ3v) is 5.06. The summed E-state index contributed by atoms with van der Waals surface area (Å²) in [6.45, 7) is 4.71. The molecule has 1 atom stereocenters. The highest BCUT2D eigenvalue weighted by Crippen LogP contribution is 2.29. The zero-order valence-corrected chi connectivity index (χ0v) is 16.7. The maximum absolute atomic E-state index is 2.50. The first-order chi connectivity index (χ1) is 10.8. The molecule has 0 amide bonds. The summed E-state index contributed by atoms with van der Waals surface area (Å²) in [7, 11) is 2.26. The third kappa shape index (κ3) is 7.34. The van der Waals surface area contributed by atoms with Crippen LogP contribution < -0.4 is 21.5 Å². The van der Waals surface area contributed by atoms with Crippen molar-refractivity contribution in [2.45, 2.75) is 83.7 Å². The molecule has 0 saturated carbocycles. The second kappa shape index (κ2) is 12.0. The fourth-order valence-corrected chi connectivity index (χ4v) is 3.64. The summed E-state index contributed by atoms with van der Waals surface area (Å²) in [6.07, 6.45) is 18.5. The Bertz CT molecular complexity index is 422. The Balaban J connectivity index is 0.00000264. The molecular formula is C20H35BrN2. The maximum atomic E-state index is 2.50. The summed E-state index contributed by atoms with van der Waals surface area (Å²) in [5.41, 5.74) is 1.50. The molecule has 132 valence electrons. The minimum Gasteiger partial charge on any atom is -1.00 e. The standard InChI is InChI=1S/C20H35N2.BrH/c1-3-4-5-6-7-8-9-10-16-22-17-11-13-19(18-22)20-14-12-15-21(20)2;/h11,13,17-18,20H,3-10,12,14-16H2,1-2H3;1H/q+1;/p-1/t20-;/m0./s1. The van der Waals surface area contributed by atoms with Gasteiger partial charge in [0, 0.05) is 24.1 Å². The highest BCUT2D eigenvalue weighted by atomic mass is 79.9. The van der Waals surface area contributed by atoms with Crippen LogP contribution in [0.15, 0.2) is 24.5 Å². The highest BCUT2D eigenvalue weighted by molar-refractivity contribution is 5.12. The summed E-state index contributed by atoms with van der Waals surface area (Å²) in [6, 6.07) is 5.18. The monoisotopic (exact) mass is 382 g/mol. The van der Waals surface area contributed by atoms with Gasteiger partial charge in [0.15, 0.2) is 12.4 Å². The lowest BCUT2D eigenvalue weighted by Gasteiger charge is -2.18. The van der Waals surface area contributed by atoms with Gasteiger partial charge >= 0.3 is 0 Å². The zero-order chi connectivity index (χ0) is 15.6. The fraction of sp³-hybridized carbons (Fsp3) is 0.750. The fourth-order valence-electron chi connectivity index (χ4n) is 3.64. The first-order valence-corrected chi connectivity index (χ1v) is 9.50. The van der Waals surface area contributed by atoms with E-state index in [1.165, 1.54) is 82.9 Å². The maximum Gasteiger partial charge on any atom is 0.173 e. The van der Waals surface area contributed by atoms with Gasteiger partial charge in [-0.15, -0.1) is 0 Å². The van der Waals surface area contributed by atoms with E-state index in [0.717, 1.165) is 0 Å². The van der Waals surface area contributed by atoms with Gasteiger partial charge in [-0.25, -0.2) is 4.57 Å². The number of nitrogens with zero attached hydrogens (tertiary/aromatic N) is 2. The van der Waals surface area contributed by atoms with Crippen LogP contribution in [0.1, 0.15) is 82.7 Å². The Hall–Kier alpha value is -0.410. The Morgan fingerprint density at radius 2 is 1.78 bits per heavy atom. The van der Waals surface area contributed by atoms with E-state index in [1.807, 2.05) is 0 Å². The van der Waals surface area contributed by atoms with Crippen molar-refractivity contribution < 1.29 is 21.5 Å². The number of aromatic nitrogens is 1. The zero-order valence-electron chi connectivity index (χ0n) is 15.1. The van der Waals surface area contributed by atoms with Crippen molar-refractivity contribution in [1.82, 2.24) is 4.90 Å². The molecule has 1 aromatic rings. The Labute approximate surface area is 154 Å². The van der Waals surface area contributed by atoms with E-state index in [0.29, 0.717) is 6.04 Å².